The van der Waals surface area contributed by atoms with E-state index in [1.165, 1.54) is 12.8 Å². The van der Waals surface area contributed by atoms with E-state index in [2.05, 4.69) is 10.2 Å². The zero-order chi connectivity index (χ0) is 18.9. The van der Waals surface area contributed by atoms with E-state index in [0.29, 0.717) is 18.2 Å². The SMILES string of the molecule is O=C(NCC1CN2CCCC2CO1)c1cc(-c2cccs2)nc2ccccc12. The highest BCUT2D eigenvalue weighted by molar-refractivity contribution is 7.13. The molecule has 6 heteroatoms. The molecular weight excluding hydrogens is 370 g/mol. The van der Waals surface area contributed by atoms with Crippen LogP contribution < -0.4 is 5.32 Å². The van der Waals surface area contributed by atoms with Crippen LogP contribution in [-0.2, 0) is 4.74 Å². The predicted octanol–water partition coefficient (Wildman–Crippen LogP) is 3.56. The number of pyridine rings is 1. The number of amides is 1. The summed E-state index contributed by atoms with van der Waals surface area (Å²) < 4.78 is 5.98. The van der Waals surface area contributed by atoms with Gasteiger partial charge in [0.15, 0.2) is 0 Å². The fraction of sp³-hybridized carbons (Fsp3) is 0.364. The summed E-state index contributed by atoms with van der Waals surface area (Å²) in [5.74, 6) is -0.0662. The van der Waals surface area contributed by atoms with Gasteiger partial charge in [0, 0.05) is 24.5 Å². The summed E-state index contributed by atoms with van der Waals surface area (Å²) in [6.45, 7) is 3.37. The number of morpholine rings is 1. The first-order chi connectivity index (χ1) is 13.8. The summed E-state index contributed by atoms with van der Waals surface area (Å²) in [7, 11) is 0. The quantitative estimate of drug-likeness (QED) is 0.736. The van der Waals surface area contributed by atoms with Crippen molar-refractivity contribution < 1.29 is 9.53 Å². The van der Waals surface area contributed by atoms with E-state index >= 15 is 0 Å². The van der Waals surface area contributed by atoms with E-state index in [1.54, 1.807) is 11.3 Å². The van der Waals surface area contributed by atoms with Crippen LogP contribution in [-0.4, -0.2) is 54.2 Å². The minimum absolute atomic E-state index is 0.0585. The van der Waals surface area contributed by atoms with Crippen LogP contribution in [0.15, 0.2) is 47.8 Å². The number of hydrogen-bond donors (Lipinski definition) is 1. The third-order valence-electron chi connectivity index (χ3n) is 5.69. The lowest BCUT2D eigenvalue weighted by molar-refractivity contribution is -0.0461. The van der Waals surface area contributed by atoms with Gasteiger partial charge in [-0.05, 0) is 43.0 Å². The summed E-state index contributed by atoms with van der Waals surface area (Å²) in [6, 6.07) is 14.3. The van der Waals surface area contributed by atoms with Crippen molar-refractivity contribution >= 4 is 28.1 Å². The number of nitrogens with zero attached hydrogens (tertiary/aromatic N) is 2. The number of carbonyl (C=O) groups is 1. The van der Waals surface area contributed by atoms with Crippen molar-refractivity contribution in [3.63, 3.8) is 0 Å². The molecular formula is C22H23N3O2S. The molecule has 1 N–H and O–H groups in total. The minimum Gasteiger partial charge on any atom is -0.373 e. The Labute approximate surface area is 168 Å². The van der Waals surface area contributed by atoms with Crippen molar-refractivity contribution in [2.75, 3.05) is 26.2 Å². The molecule has 2 aromatic heterocycles. The van der Waals surface area contributed by atoms with Gasteiger partial charge in [-0.25, -0.2) is 4.98 Å². The average molecular weight is 394 g/mol. The molecule has 2 unspecified atom stereocenters. The highest BCUT2D eigenvalue weighted by atomic mass is 32.1. The molecule has 2 saturated heterocycles. The van der Waals surface area contributed by atoms with Crippen molar-refractivity contribution in [3.8, 4) is 10.6 Å². The number of fused-ring (bicyclic) bond motifs is 2. The highest BCUT2D eigenvalue weighted by Gasteiger charge is 2.32. The highest BCUT2D eigenvalue weighted by Crippen LogP contribution is 2.28. The number of para-hydroxylation sites is 1. The van der Waals surface area contributed by atoms with Crippen molar-refractivity contribution in [1.29, 1.82) is 0 Å². The van der Waals surface area contributed by atoms with E-state index in [-0.39, 0.29) is 12.0 Å². The fourth-order valence-electron chi connectivity index (χ4n) is 4.22. The Kier molecular flexibility index (Phi) is 4.84. The number of benzene rings is 1. The second-order valence-corrected chi connectivity index (χ2v) is 8.45. The molecule has 2 atom stereocenters. The van der Waals surface area contributed by atoms with Gasteiger partial charge in [-0.15, -0.1) is 11.3 Å². The topological polar surface area (TPSA) is 54.5 Å². The summed E-state index contributed by atoms with van der Waals surface area (Å²) in [5.41, 5.74) is 2.35. The predicted molar refractivity (Wildman–Crippen MR) is 112 cm³/mol. The zero-order valence-electron chi connectivity index (χ0n) is 15.6. The van der Waals surface area contributed by atoms with Crippen molar-refractivity contribution in [2.45, 2.75) is 25.0 Å². The molecule has 1 aromatic carbocycles. The molecule has 2 aliphatic heterocycles. The lowest BCUT2D eigenvalue weighted by atomic mass is 10.1. The van der Waals surface area contributed by atoms with Gasteiger partial charge in [-0.3, -0.25) is 9.69 Å². The molecule has 2 fully saturated rings. The fourth-order valence-corrected chi connectivity index (χ4v) is 4.91. The lowest BCUT2D eigenvalue weighted by Gasteiger charge is -2.35. The largest absolute Gasteiger partial charge is 0.373 e. The molecule has 5 rings (SSSR count). The number of ether oxygens (including phenoxy) is 1. The molecule has 28 heavy (non-hydrogen) atoms. The third-order valence-corrected chi connectivity index (χ3v) is 6.58. The maximum Gasteiger partial charge on any atom is 0.252 e. The first-order valence-corrected chi connectivity index (χ1v) is 10.7. The molecule has 144 valence electrons. The number of hydrogen-bond acceptors (Lipinski definition) is 5. The van der Waals surface area contributed by atoms with Crippen molar-refractivity contribution in [3.05, 3.63) is 53.4 Å². The van der Waals surface area contributed by atoms with Gasteiger partial charge in [0.2, 0.25) is 0 Å². The van der Waals surface area contributed by atoms with Gasteiger partial charge in [-0.1, -0.05) is 24.3 Å². The smallest absolute Gasteiger partial charge is 0.252 e. The summed E-state index contributed by atoms with van der Waals surface area (Å²) in [6.07, 6.45) is 2.54. The van der Waals surface area contributed by atoms with E-state index < -0.39 is 0 Å². The molecule has 0 saturated carbocycles. The minimum atomic E-state index is -0.0662. The van der Waals surface area contributed by atoms with Gasteiger partial charge in [0.05, 0.1) is 34.4 Å². The summed E-state index contributed by atoms with van der Waals surface area (Å²) in [5, 5.41) is 6.00. The number of carbonyl (C=O) groups excluding carboxylic acids is 1. The Morgan fingerprint density at radius 2 is 2.21 bits per heavy atom. The molecule has 0 aliphatic carbocycles. The second-order valence-electron chi connectivity index (χ2n) is 7.51. The van der Waals surface area contributed by atoms with Crippen molar-refractivity contribution in [2.24, 2.45) is 0 Å². The average Bonchev–Trinajstić information content (AvgIpc) is 3.42. The van der Waals surface area contributed by atoms with Crippen molar-refractivity contribution in [1.82, 2.24) is 15.2 Å². The van der Waals surface area contributed by atoms with Crippen LogP contribution in [0.4, 0.5) is 0 Å². The van der Waals surface area contributed by atoms with Crippen LogP contribution in [0, 0.1) is 0 Å². The van der Waals surface area contributed by atoms with Crippen LogP contribution in [0.5, 0.6) is 0 Å². The zero-order valence-corrected chi connectivity index (χ0v) is 16.5. The number of aromatic nitrogens is 1. The van der Waals surface area contributed by atoms with Gasteiger partial charge in [0.1, 0.15) is 0 Å². The molecule has 1 amide bonds. The number of nitrogens with one attached hydrogen (secondary N) is 1. The molecule has 0 spiro atoms. The van der Waals surface area contributed by atoms with E-state index in [9.17, 15) is 4.79 Å². The number of rotatable bonds is 4. The van der Waals surface area contributed by atoms with Gasteiger partial charge in [-0.2, -0.15) is 0 Å². The molecule has 0 bridgehead atoms. The van der Waals surface area contributed by atoms with Crippen LogP contribution in [0.1, 0.15) is 23.2 Å². The van der Waals surface area contributed by atoms with Gasteiger partial charge < -0.3 is 10.1 Å². The van der Waals surface area contributed by atoms with Crippen LogP contribution in [0.3, 0.4) is 0 Å². The van der Waals surface area contributed by atoms with Crippen LogP contribution >= 0.6 is 11.3 Å². The Morgan fingerprint density at radius 3 is 3.11 bits per heavy atom. The Bertz CT molecular complexity index is 989. The Balaban J connectivity index is 1.36. The third kappa shape index (κ3) is 3.43. The summed E-state index contributed by atoms with van der Waals surface area (Å²) in [4.78, 5) is 21.4. The maximum absolute atomic E-state index is 13.0. The molecule has 3 aromatic rings. The molecule has 4 heterocycles. The van der Waals surface area contributed by atoms with E-state index in [1.807, 2.05) is 47.8 Å². The normalized spacial score (nSPS) is 22.3. The summed E-state index contributed by atoms with van der Waals surface area (Å²) >= 11 is 1.63. The number of thiophene rings is 1. The Morgan fingerprint density at radius 1 is 1.29 bits per heavy atom. The molecule has 2 aliphatic rings. The maximum atomic E-state index is 13.0. The first kappa shape index (κ1) is 17.8. The molecule has 5 nitrogen and oxygen atoms in total. The van der Waals surface area contributed by atoms with E-state index in [0.717, 1.165) is 41.2 Å². The Hall–Kier alpha value is -2.28. The van der Waals surface area contributed by atoms with Crippen LogP contribution in [0.2, 0.25) is 0 Å². The van der Waals surface area contributed by atoms with Gasteiger partial charge in [0.25, 0.3) is 5.91 Å². The lowest BCUT2D eigenvalue weighted by Crippen LogP contribution is -2.50. The standard InChI is InChI=1S/C22H23N3O2S/c26-22(23-12-16-13-25-9-3-5-15(25)14-27-16)18-11-20(21-8-4-10-28-21)24-19-7-2-1-6-17(18)19/h1-2,4,6-8,10-11,15-16H,3,5,9,12-14H2,(H,23,26). The first-order valence-electron chi connectivity index (χ1n) is 9.85. The van der Waals surface area contributed by atoms with Gasteiger partial charge >= 0.3 is 0 Å². The molecule has 0 radical (unpaired) electrons. The van der Waals surface area contributed by atoms with Crippen LogP contribution in [0.25, 0.3) is 21.5 Å². The second kappa shape index (κ2) is 7.62. The van der Waals surface area contributed by atoms with E-state index in [4.69, 9.17) is 9.72 Å². The monoisotopic (exact) mass is 393 g/mol.